The Kier molecular flexibility index (Phi) is 4.74. The highest BCUT2D eigenvalue weighted by Gasteiger charge is 2.18. The molecule has 2 aromatic rings. The van der Waals surface area contributed by atoms with Gasteiger partial charge in [0.1, 0.15) is 0 Å². The van der Waals surface area contributed by atoms with Crippen LogP contribution < -0.4 is 5.32 Å². The van der Waals surface area contributed by atoms with E-state index in [1.807, 2.05) is 24.7 Å². The lowest BCUT2D eigenvalue weighted by Gasteiger charge is -2.13. The second-order valence-electron chi connectivity index (χ2n) is 6.58. The van der Waals surface area contributed by atoms with Gasteiger partial charge in [-0.05, 0) is 30.2 Å². The molecule has 1 aromatic carbocycles. The van der Waals surface area contributed by atoms with Crippen molar-refractivity contribution in [3.63, 3.8) is 0 Å². The lowest BCUT2D eigenvalue weighted by molar-refractivity contribution is 0.549. The highest BCUT2D eigenvalue weighted by atomic mass is 35.5. The van der Waals surface area contributed by atoms with Gasteiger partial charge < -0.3 is 5.32 Å². The summed E-state index contributed by atoms with van der Waals surface area (Å²) in [4.78, 5) is 0. The van der Waals surface area contributed by atoms with Gasteiger partial charge in [0.25, 0.3) is 0 Å². The van der Waals surface area contributed by atoms with Gasteiger partial charge in [-0.3, -0.25) is 4.68 Å². The van der Waals surface area contributed by atoms with Gasteiger partial charge in [-0.25, -0.2) is 0 Å². The quantitative estimate of drug-likeness (QED) is 0.926. The van der Waals surface area contributed by atoms with Crippen LogP contribution in [-0.2, 0) is 25.6 Å². The van der Waals surface area contributed by atoms with Crippen molar-refractivity contribution in [1.29, 1.82) is 0 Å². The smallest absolute Gasteiger partial charge is 0.0681 e. The molecule has 0 aliphatic heterocycles. The molecule has 0 saturated heterocycles. The Hall–Kier alpha value is -1.32. The molecule has 0 saturated carbocycles. The normalized spacial score (nSPS) is 11.9. The first-order chi connectivity index (χ1) is 9.77. The van der Waals surface area contributed by atoms with Gasteiger partial charge in [-0.2, -0.15) is 5.10 Å². The summed E-state index contributed by atoms with van der Waals surface area (Å²) >= 11 is 6.15. The molecule has 0 spiro atoms. The van der Waals surface area contributed by atoms with Crippen LogP contribution in [0.3, 0.4) is 0 Å². The molecule has 2 rings (SSSR count). The van der Waals surface area contributed by atoms with Crippen LogP contribution in [0.1, 0.15) is 43.3 Å². The van der Waals surface area contributed by atoms with E-state index in [1.165, 1.54) is 11.3 Å². The molecular weight excluding hydrogens is 282 g/mol. The number of aryl methyl sites for hydroxylation is 2. The fourth-order valence-corrected chi connectivity index (χ4v) is 2.32. The topological polar surface area (TPSA) is 29.9 Å². The van der Waals surface area contributed by atoms with Crippen molar-refractivity contribution < 1.29 is 0 Å². The number of halogens is 1. The van der Waals surface area contributed by atoms with Crippen molar-refractivity contribution in [3.05, 3.63) is 51.8 Å². The van der Waals surface area contributed by atoms with Crippen LogP contribution in [0.15, 0.2) is 24.3 Å². The molecule has 0 bridgehead atoms. The summed E-state index contributed by atoms with van der Waals surface area (Å²) in [5, 5.41) is 8.86. The number of nitrogens with one attached hydrogen (secondary N) is 1. The van der Waals surface area contributed by atoms with E-state index in [0.717, 1.165) is 29.4 Å². The Morgan fingerprint density at radius 3 is 2.48 bits per heavy atom. The maximum atomic E-state index is 6.15. The Labute approximate surface area is 132 Å². The van der Waals surface area contributed by atoms with Crippen LogP contribution in [-0.4, -0.2) is 9.78 Å². The number of hydrogen-bond acceptors (Lipinski definition) is 2. The molecule has 0 radical (unpaired) electrons. The van der Waals surface area contributed by atoms with Crippen LogP contribution in [0.5, 0.6) is 0 Å². The molecule has 1 heterocycles. The van der Waals surface area contributed by atoms with E-state index in [4.69, 9.17) is 11.6 Å². The molecule has 114 valence electrons. The first kappa shape index (κ1) is 16.1. The zero-order valence-corrected chi connectivity index (χ0v) is 14.3. The van der Waals surface area contributed by atoms with Gasteiger partial charge >= 0.3 is 0 Å². The molecule has 0 aliphatic rings. The van der Waals surface area contributed by atoms with Crippen LogP contribution in [0, 0.1) is 6.92 Å². The summed E-state index contributed by atoms with van der Waals surface area (Å²) in [6.45, 7) is 10.2. The molecule has 1 N–H and O–H groups in total. The van der Waals surface area contributed by atoms with Crippen LogP contribution in [0.2, 0.25) is 5.02 Å². The summed E-state index contributed by atoms with van der Waals surface area (Å²) < 4.78 is 1.95. The third kappa shape index (κ3) is 4.08. The van der Waals surface area contributed by atoms with Crippen molar-refractivity contribution in [2.24, 2.45) is 7.05 Å². The van der Waals surface area contributed by atoms with Crippen molar-refractivity contribution in [3.8, 4) is 0 Å². The molecule has 0 amide bonds. The molecule has 0 aliphatic carbocycles. The third-order valence-corrected chi connectivity index (χ3v) is 4.02. The number of aromatic nitrogens is 2. The van der Waals surface area contributed by atoms with E-state index in [0.29, 0.717) is 0 Å². The van der Waals surface area contributed by atoms with Crippen molar-refractivity contribution >= 4 is 11.6 Å². The molecule has 0 atom stereocenters. The molecule has 0 fully saturated rings. The second-order valence-corrected chi connectivity index (χ2v) is 6.99. The Balaban J connectivity index is 1.97. The fraction of sp³-hybridized carbons (Fsp3) is 0.471. The lowest BCUT2D eigenvalue weighted by Crippen LogP contribution is -2.15. The van der Waals surface area contributed by atoms with E-state index >= 15 is 0 Å². The minimum Gasteiger partial charge on any atom is -0.307 e. The molecule has 1 aromatic heterocycles. The Morgan fingerprint density at radius 1 is 1.19 bits per heavy atom. The van der Waals surface area contributed by atoms with Crippen molar-refractivity contribution in [1.82, 2.24) is 15.1 Å². The van der Waals surface area contributed by atoms with Crippen LogP contribution in [0.25, 0.3) is 0 Å². The maximum absolute atomic E-state index is 6.15. The first-order valence-electron chi connectivity index (χ1n) is 7.26. The van der Waals surface area contributed by atoms with Gasteiger partial charge in [0.15, 0.2) is 0 Å². The standard InChI is InChI=1S/C17H24ClN3/c1-12-6-7-13(8-15(12)18)10-19-11-14-9-16(17(2,3)4)20-21(14)5/h6-9,19H,10-11H2,1-5H3. The monoisotopic (exact) mass is 305 g/mol. The number of benzene rings is 1. The molecule has 3 nitrogen and oxygen atoms in total. The molecule has 21 heavy (non-hydrogen) atoms. The van der Waals surface area contributed by atoms with Crippen LogP contribution >= 0.6 is 11.6 Å². The zero-order valence-electron chi connectivity index (χ0n) is 13.5. The second kappa shape index (κ2) is 6.20. The molecule has 0 unspecified atom stereocenters. The summed E-state index contributed by atoms with van der Waals surface area (Å²) in [5.74, 6) is 0. The Bertz CT molecular complexity index is 623. The van der Waals surface area contributed by atoms with Crippen molar-refractivity contribution in [2.75, 3.05) is 0 Å². The minimum atomic E-state index is 0.0838. The van der Waals surface area contributed by atoms with E-state index in [2.05, 4.69) is 49.4 Å². The van der Waals surface area contributed by atoms with Crippen molar-refractivity contribution in [2.45, 2.75) is 46.2 Å². The maximum Gasteiger partial charge on any atom is 0.0681 e. The number of nitrogens with zero attached hydrogens (tertiary/aromatic N) is 2. The van der Waals surface area contributed by atoms with Gasteiger partial charge in [0.05, 0.1) is 11.4 Å². The minimum absolute atomic E-state index is 0.0838. The van der Waals surface area contributed by atoms with Gasteiger partial charge in [-0.15, -0.1) is 0 Å². The first-order valence-corrected chi connectivity index (χ1v) is 7.64. The van der Waals surface area contributed by atoms with E-state index < -0.39 is 0 Å². The van der Waals surface area contributed by atoms with Gasteiger partial charge in [0.2, 0.25) is 0 Å². The van der Waals surface area contributed by atoms with E-state index in [-0.39, 0.29) is 5.41 Å². The highest BCUT2D eigenvalue weighted by molar-refractivity contribution is 6.31. The zero-order chi connectivity index (χ0) is 15.6. The van der Waals surface area contributed by atoms with Crippen LogP contribution in [0.4, 0.5) is 0 Å². The largest absolute Gasteiger partial charge is 0.307 e. The molecular formula is C17H24ClN3. The Morgan fingerprint density at radius 2 is 1.90 bits per heavy atom. The summed E-state index contributed by atoms with van der Waals surface area (Å²) in [6, 6.07) is 8.36. The average molecular weight is 306 g/mol. The predicted octanol–water partition coefficient (Wildman–Crippen LogP) is 3.97. The van der Waals surface area contributed by atoms with E-state index in [1.54, 1.807) is 0 Å². The number of rotatable bonds is 4. The van der Waals surface area contributed by atoms with Gasteiger partial charge in [0, 0.05) is 30.6 Å². The summed E-state index contributed by atoms with van der Waals surface area (Å²) in [7, 11) is 2.00. The summed E-state index contributed by atoms with van der Waals surface area (Å²) in [6.07, 6.45) is 0. The average Bonchev–Trinajstić information content (AvgIpc) is 2.75. The fourth-order valence-electron chi connectivity index (χ4n) is 2.12. The molecule has 4 heteroatoms. The highest BCUT2D eigenvalue weighted by Crippen LogP contribution is 2.21. The number of hydrogen-bond donors (Lipinski definition) is 1. The third-order valence-electron chi connectivity index (χ3n) is 3.62. The summed E-state index contributed by atoms with van der Waals surface area (Å²) in [5.41, 5.74) is 4.71. The lowest BCUT2D eigenvalue weighted by atomic mass is 9.92. The predicted molar refractivity (Wildman–Crippen MR) is 88.6 cm³/mol. The van der Waals surface area contributed by atoms with E-state index in [9.17, 15) is 0 Å². The van der Waals surface area contributed by atoms with Gasteiger partial charge in [-0.1, -0.05) is 44.5 Å². The SMILES string of the molecule is Cc1ccc(CNCc2cc(C(C)(C)C)nn2C)cc1Cl.